The molecule has 48 heteroatoms. The predicted molar refractivity (Wildman–Crippen MR) is 281 cm³/mol. The summed E-state index contributed by atoms with van der Waals surface area (Å²) in [5.41, 5.74) is 15.8. The van der Waals surface area contributed by atoms with Crippen molar-refractivity contribution < 1.29 is 119 Å². The first-order valence-corrected chi connectivity index (χ1v) is 31.3. The molecular formula is C40H51N17O27P4. The van der Waals surface area contributed by atoms with E-state index in [4.69, 9.17) is 63.3 Å². The van der Waals surface area contributed by atoms with E-state index >= 15 is 0 Å². The number of hydrogen-bond acceptors (Lipinski definition) is 34. The molecule has 0 amide bonds. The van der Waals surface area contributed by atoms with Gasteiger partial charge in [-0.2, -0.15) is 0 Å². The number of anilines is 3. The van der Waals surface area contributed by atoms with Crippen LogP contribution in [0.3, 0.4) is 0 Å². The Morgan fingerprint density at radius 2 is 0.898 bits per heavy atom. The molecule has 4 aliphatic rings. The van der Waals surface area contributed by atoms with Crippen LogP contribution >= 0.6 is 31.3 Å². The molecule has 0 spiro atoms. The molecule has 0 aromatic carbocycles. The number of aliphatic hydroxyl groups is 5. The van der Waals surface area contributed by atoms with Crippen LogP contribution in [0, 0.1) is 6.92 Å². The summed E-state index contributed by atoms with van der Waals surface area (Å²) in [5.74, 6) is -0.0684. The third kappa shape index (κ3) is 12.7. The number of aryl methyl sites for hydroxylation is 1. The molecule has 44 nitrogen and oxygen atoms in total. The van der Waals surface area contributed by atoms with Gasteiger partial charge in [0.1, 0.15) is 109 Å². The molecule has 0 radical (unpaired) electrons. The van der Waals surface area contributed by atoms with Crippen molar-refractivity contribution in [3.05, 3.63) is 70.6 Å². The van der Waals surface area contributed by atoms with Gasteiger partial charge >= 0.3 is 37.0 Å². The first kappa shape index (κ1) is 63.4. The number of nitrogen functional groups attached to an aromatic ring is 3. The second-order valence-electron chi connectivity index (χ2n) is 19.6. The smallest absolute Gasteiger partial charge is 0.387 e. The van der Waals surface area contributed by atoms with Crippen LogP contribution in [0.15, 0.2) is 53.5 Å². The molecule has 3 unspecified atom stereocenters. The zero-order chi connectivity index (χ0) is 63.1. The van der Waals surface area contributed by atoms with Gasteiger partial charge in [-0.15, -0.1) is 0 Å². The SMILES string of the molecule is Cc1nc2c(N)ncnc2n1[C@@H]1O[C@H](COP(=O)(O)O[C@@H]2[C@H](O)[C@@H](COP(=O)(O)O[C@@H]3[C@H](O)[C@@H](COP(=O)(O)O[C@@H]4[C@H](O)[C@@H](COP(=O)(O)O)O[C@H]4n4ccc(=O)[nH]c4=O)O[C@H]3n3cnc4c(N)ncnc43)O[C@H]2n2cnc3c(N)ncnc32)[C@@H](O)[C@H]1O. The van der Waals surface area contributed by atoms with Crippen LogP contribution < -0.4 is 28.5 Å². The van der Waals surface area contributed by atoms with Gasteiger partial charge in [0, 0.05) is 12.3 Å². The first-order chi connectivity index (χ1) is 41.5. The lowest BCUT2D eigenvalue weighted by molar-refractivity contribution is -0.0662. The predicted octanol–water partition coefficient (Wildman–Crippen LogP) is -4.88. The number of H-pyrrole nitrogens is 1. The Morgan fingerprint density at radius 1 is 0.511 bits per heavy atom. The number of aromatic amines is 1. The molecule has 0 saturated carbocycles. The Kier molecular flexibility index (Phi) is 17.4. The molecule has 4 aliphatic heterocycles. The number of fused-ring (bicyclic) bond motifs is 3. The third-order valence-electron chi connectivity index (χ3n) is 14.0. The number of hydrogen-bond donors (Lipinski definition) is 14. The lowest BCUT2D eigenvalue weighted by Gasteiger charge is -2.25. The van der Waals surface area contributed by atoms with Crippen molar-refractivity contribution in [3.63, 3.8) is 0 Å². The summed E-state index contributed by atoms with van der Waals surface area (Å²) >= 11 is 0. The Morgan fingerprint density at radius 3 is 1.33 bits per heavy atom. The number of rotatable bonds is 22. The van der Waals surface area contributed by atoms with E-state index < -0.39 is 167 Å². The van der Waals surface area contributed by atoms with Gasteiger partial charge in [-0.25, -0.2) is 67.9 Å². The quantitative estimate of drug-likeness (QED) is 0.0283. The minimum Gasteiger partial charge on any atom is -0.387 e. The van der Waals surface area contributed by atoms with Crippen molar-refractivity contribution in [2.75, 3.05) is 43.6 Å². The van der Waals surface area contributed by atoms with Gasteiger partial charge in [0.05, 0.1) is 39.1 Å². The zero-order valence-corrected chi connectivity index (χ0v) is 47.9. The molecule has 88 heavy (non-hydrogen) atoms. The fourth-order valence-corrected chi connectivity index (χ4v) is 13.1. The summed E-state index contributed by atoms with van der Waals surface area (Å²) in [4.78, 5) is 115. The molecule has 4 fully saturated rings. The maximum Gasteiger partial charge on any atom is 0.472 e. The monoisotopic (exact) mass is 1330 g/mol. The molecule has 0 aliphatic carbocycles. The highest BCUT2D eigenvalue weighted by Crippen LogP contribution is 2.55. The van der Waals surface area contributed by atoms with E-state index in [1.54, 1.807) is 0 Å². The van der Waals surface area contributed by atoms with Crippen LogP contribution in [0.4, 0.5) is 17.5 Å². The number of nitrogens with one attached hydrogen (secondary N) is 1. The van der Waals surface area contributed by atoms with Gasteiger partial charge in [-0.3, -0.25) is 59.7 Å². The number of imidazole rings is 3. The van der Waals surface area contributed by atoms with Gasteiger partial charge in [-0.1, -0.05) is 0 Å². The molecule has 0 bridgehead atoms. The summed E-state index contributed by atoms with van der Waals surface area (Å²) in [5, 5.41) is 56.7. The summed E-state index contributed by atoms with van der Waals surface area (Å²) < 4.78 is 117. The van der Waals surface area contributed by atoms with Crippen LogP contribution in [-0.4, -0.2) is 218 Å². The largest absolute Gasteiger partial charge is 0.472 e. The van der Waals surface area contributed by atoms with E-state index in [-0.39, 0.29) is 56.8 Å². The van der Waals surface area contributed by atoms with Crippen LogP contribution in [-0.2, 0) is 68.9 Å². The van der Waals surface area contributed by atoms with Crippen molar-refractivity contribution in [1.82, 2.24) is 68.1 Å². The molecule has 7 aromatic heterocycles. The average Bonchev–Trinajstić information content (AvgIpc) is 1.74. The second-order valence-corrected chi connectivity index (χ2v) is 25.1. The number of phosphoric acid groups is 4. The Balaban J connectivity index is 0.796. The molecule has 11 rings (SSSR count). The minimum absolute atomic E-state index is 0.00398. The number of aromatic nitrogens is 14. The van der Waals surface area contributed by atoms with Crippen LogP contribution in [0.25, 0.3) is 33.5 Å². The highest BCUT2D eigenvalue weighted by atomic mass is 31.2. The highest BCUT2D eigenvalue weighted by Gasteiger charge is 2.55. The fourth-order valence-electron chi connectivity index (χ4n) is 9.97. The van der Waals surface area contributed by atoms with Gasteiger partial charge in [-0.05, 0) is 6.92 Å². The van der Waals surface area contributed by atoms with Gasteiger partial charge in [0.2, 0.25) is 0 Å². The molecule has 7 aromatic rings. The van der Waals surface area contributed by atoms with Crippen LogP contribution in [0.2, 0.25) is 0 Å². The summed E-state index contributed by atoms with van der Waals surface area (Å²) in [7, 11) is -21.9. The average molecular weight is 1330 g/mol. The standard InChI is InChI=1S/C40H51N17O27P4/c1-13-52-21-32(43)46-10-49-35(21)57(13)36-26(63)22(59)14(78-36)5-75-86(68,69)83-28-24(61)17(81-38(28)55-11-50-19-30(41)44-8-47-33(19)55)7-77-88(72,73)84-29-25(62)16(80-39(29)56-12-51-20-31(42)45-9-48-34(20)56)6-76-87(70,71)82-27-23(60)15(4-74-85(65,66)67)79-37(27)54-3-2-18(58)53-40(54)64/h2-3,8-12,14-17,22-29,36-39,59-63H,4-7H2,1H3,(H,68,69)(H,70,71)(H,72,73)(H2,41,44,47)(H2,42,45,48)(H2,43,46,49)(H,53,58,64)(H2,65,66,67)/t14-,15-,16-,17-,22-,23-,24-,25-,26-,27-,28-,29-,36-,37-,38-,39-/m1/s1. The van der Waals surface area contributed by atoms with E-state index in [9.17, 15) is 77.8 Å². The summed E-state index contributed by atoms with van der Waals surface area (Å²) in [6.45, 7) is -2.81. The highest BCUT2D eigenvalue weighted by molar-refractivity contribution is 7.48. The van der Waals surface area contributed by atoms with E-state index in [1.807, 2.05) is 4.98 Å². The summed E-state index contributed by atoms with van der Waals surface area (Å²) in [6, 6.07) is 0.822. The number of phosphoric ester groups is 4. The maximum atomic E-state index is 14.1. The molecule has 4 saturated heterocycles. The number of nitrogens with two attached hydrogens (primary N) is 3. The van der Waals surface area contributed by atoms with Crippen LogP contribution in [0.1, 0.15) is 30.7 Å². The first-order valence-electron chi connectivity index (χ1n) is 25.3. The normalized spacial score (nSPS) is 31.4. The van der Waals surface area contributed by atoms with Crippen molar-refractivity contribution in [3.8, 4) is 0 Å². The topological polar surface area (TPSA) is 636 Å². The van der Waals surface area contributed by atoms with E-state index in [0.29, 0.717) is 4.57 Å². The zero-order valence-electron chi connectivity index (χ0n) is 44.4. The van der Waals surface area contributed by atoms with E-state index in [1.165, 1.54) is 11.5 Å². The number of aliphatic hydroxyl groups excluding tert-OH is 5. The number of nitrogens with zero attached hydrogens (tertiary/aromatic N) is 13. The Bertz CT molecular complexity index is 4080. The molecule has 17 N–H and O–H groups in total. The second kappa shape index (κ2) is 24.2. The molecule has 19 atom stereocenters. The fraction of sp³-hybridized carbons (Fsp3) is 0.525. The van der Waals surface area contributed by atoms with Crippen molar-refractivity contribution in [2.45, 2.75) is 105 Å². The van der Waals surface area contributed by atoms with Crippen molar-refractivity contribution in [2.24, 2.45) is 0 Å². The van der Waals surface area contributed by atoms with Crippen molar-refractivity contribution >= 4 is 82.2 Å². The van der Waals surface area contributed by atoms with Gasteiger partial charge in [0.15, 0.2) is 64.8 Å². The number of ether oxygens (including phenoxy) is 4. The summed E-state index contributed by atoms with van der Waals surface area (Å²) in [6.07, 6.45) is -23.8. The Hall–Kier alpha value is -6.19. The lowest BCUT2D eigenvalue weighted by Crippen LogP contribution is -2.39. The molecular weight excluding hydrogens is 1270 g/mol. The molecule has 11 heterocycles. The minimum atomic E-state index is -5.65. The van der Waals surface area contributed by atoms with E-state index in [0.717, 1.165) is 53.0 Å². The maximum absolute atomic E-state index is 14.1. The lowest BCUT2D eigenvalue weighted by atomic mass is 10.1. The van der Waals surface area contributed by atoms with Gasteiger partial charge in [0.25, 0.3) is 5.56 Å². The van der Waals surface area contributed by atoms with Crippen LogP contribution in [0.5, 0.6) is 0 Å². The van der Waals surface area contributed by atoms with E-state index in [2.05, 4.69) is 49.4 Å². The third-order valence-corrected chi connectivity index (χ3v) is 17.5. The van der Waals surface area contributed by atoms with Crippen molar-refractivity contribution in [1.29, 1.82) is 0 Å². The van der Waals surface area contributed by atoms with Gasteiger partial charge < -0.3 is 86.1 Å². The Labute approximate surface area is 487 Å². The molecule has 478 valence electrons.